The second-order valence-corrected chi connectivity index (χ2v) is 8.56. The van der Waals surface area contributed by atoms with Gasteiger partial charge in [0.15, 0.2) is 10.8 Å². The first-order valence-corrected chi connectivity index (χ1v) is 11.0. The van der Waals surface area contributed by atoms with Crippen molar-refractivity contribution in [1.82, 2.24) is 19.7 Å². The minimum Gasteiger partial charge on any atom is -0.325 e. The number of amides is 1. The summed E-state index contributed by atoms with van der Waals surface area (Å²) in [6.45, 7) is 3.66. The molecule has 1 amide bonds. The third kappa shape index (κ3) is 4.19. The monoisotopic (exact) mass is 473 g/mol. The molecule has 0 saturated carbocycles. The van der Waals surface area contributed by atoms with E-state index >= 15 is 0 Å². The van der Waals surface area contributed by atoms with E-state index in [1.165, 1.54) is 10.8 Å². The maximum absolute atomic E-state index is 13.2. The first-order chi connectivity index (χ1) is 14.9. The van der Waals surface area contributed by atoms with Crippen molar-refractivity contribution >= 4 is 57.6 Å². The number of anilines is 1. The number of nitrogens with zero attached hydrogens (tertiary/aromatic N) is 3. The Balaban J connectivity index is 1.69. The van der Waals surface area contributed by atoms with Gasteiger partial charge in [0.25, 0.3) is 5.56 Å². The van der Waals surface area contributed by atoms with Crippen molar-refractivity contribution in [2.75, 3.05) is 11.1 Å². The van der Waals surface area contributed by atoms with Crippen LogP contribution < -0.4 is 10.9 Å². The topological polar surface area (TPSA) is 92.7 Å². The molecule has 0 aliphatic rings. The zero-order chi connectivity index (χ0) is 22.1. The average molecular weight is 474 g/mol. The Morgan fingerprint density at radius 2 is 1.84 bits per heavy atom. The second kappa shape index (κ2) is 8.74. The fraction of sp³-hybridized carbons (Fsp3) is 0.143. The number of rotatable bonds is 5. The van der Waals surface area contributed by atoms with Crippen LogP contribution in [0.5, 0.6) is 0 Å². The molecule has 2 aromatic carbocycles. The predicted molar refractivity (Wildman–Crippen MR) is 125 cm³/mol. The van der Waals surface area contributed by atoms with Gasteiger partial charge in [-0.05, 0) is 49.2 Å². The molecule has 0 saturated heterocycles. The fourth-order valence-electron chi connectivity index (χ4n) is 3.08. The van der Waals surface area contributed by atoms with E-state index in [0.717, 1.165) is 22.9 Å². The third-order valence-electron chi connectivity index (χ3n) is 4.81. The molecule has 2 N–H and O–H groups in total. The first kappa shape index (κ1) is 21.4. The summed E-state index contributed by atoms with van der Waals surface area (Å²) in [5.41, 5.74) is 2.81. The molecule has 0 bridgehead atoms. The summed E-state index contributed by atoms with van der Waals surface area (Å²) >= 11 is 13.5. The van der Waals surface area contributed by atoms with Crippen molar-refractivity contribution in [3.63, 3.8) is 0 Å². The Morgan fingerprint density at radius 1 is 1.13 bits per heavy atom. The minimum absolute atomic E-state index is 0.0393. The molecule has 158 valence electrons. The van der Waals surface area contributed by atoms with Gasteiger partial charge in [0.2, 0.25) is 5.91 Å². The predicted octanol–water partition coefficient (Wildman–Crippen LogP) is 4.76. The molecule has 4 aromatic rings. The summed E-state index contributed by atoms with van der Waals surface area (Å²) in [5.74, 6) is -0.207. The number of thioether (sulfide) groups is 1. The van der Waals surface area contributed by atoms with Gasteiger partial charge >= 0.3 is 0 Å². The number of carbonyl (C=O) groups is 1. The summed E-state index contributed by atoms with van der Waals surface area (Å²) < 4.78 is 1.46. The van der Waals surface area contributed by atoms with E-state index in [-0.39, 0.29) is 17.2 Å². The molecule has 0 spiro atoms. The van der Waals surface area contributed by atoms with Gasteiger partial charge in [0.05, 0.1) is 17.6 Å². The van der Waals surface area contributed by atoms with E-state index in [1.54, 1.807) is 36.4 Å². The number of fused-ring (bicyclic) bond motifs is 1. The molecule has 10 heteroatoms. The molecule has 0 unspecified atom stereocenters. The number of halogens is 2. The second-order valence-electron chi connectivity index (χ2n) is 6.80. The highest BCUT2D eigenvalue weighted by molar-refractivity contribution is 7.99. The molecule has 0 atom stereocenters. The zero-order valence-electron chi connectivity index (χ0n) is 16.6. The third-order valence-corrected chi connectivity index (χ3v) is 6.56. The summed E-state index contributed by atoms with van der Waals surface area (Å²) in [6.07, 6.45) is 1.43. The number of hydrogen-bond acceptors (Lipinski definition) is 5. The van der Waals surface area contributed by atoms with Crippen molar-refractivity contribution < 1.29 is 4.79 Å². The lowest BCUT2D eigenvalue weighted by molar-refractivity contribution is -0.113. The largest absolute Gasteiger partial charge is 0.325 e. The molecule has 0 aliphatic carbocycles. The lowest BCUT2D eigenvalue weighted by Crippen LogP contribution is -2.23. The Bertz CT molecular complexity index is 1370. The maximum Gasteiger partial charge on any atom is 0.269 e. The molecule has 0 fully saturated rings. The highest BCUT2D eigenvalue weighted by Crippen LogP contribution is 2.27. The van der Waals surface area contributed by atoms with Gasteiger partial charge in [-0.25, -0.2) is 4.98 Å². The van der Waals surface area contributed by atoms with E-state index in [2.05, 4.69) is 20.5 Å². The average Bonchev–Trinajstić information content (AvgIpc) is 3.21. The molecule has 31 heavy (non-hydrogen) atoms. The molecule has 4 rings (SSSR count). The number of hydrogen-bond donors (Lipinski definition) is 2. The molecule has 7 nitrogen and oxygen atoms in total. The van der Waals surface area contributed by atoms with Crippen molar-refractivity contribution in [3.8, 4) is 5.69 Å². The smallest absolute Gasteiger partial charge is 0.269 e. The van der Waals surface area contributed by atoms with Gasteiger partial charge < -0.3 is 5.32 Å². The number of benzene rings is 2. The highest BCUT2D eigenvalue weighted by atomic mass is 35.5. The van der Waals surface area contributed by atoms with Crippen molar-refractivity contribution in [3.05, 3.63) is 74.1 Å². The van der Waals surface area contributed by atoms with Crippen LogP contribution in [-0.2, 0) is 4.79 Å². The fourth-order valence-corrected chi connectivity index (χ4v) is 4.22. The van der Waals surface area contributed by atoms with Crippen LogP contribution in [0.4, 0.5) is 5.69 Å². The van der Waals surface area contributed by atoms with Crippen LogP contribution in [0.3, 0.4) is 0 Å². The summed E-state index contributed by atoms with van der Waals surface area (Å²) in [6, 6.07) is 10.6. The number of nitrogens with one attached hydrogen (secondary N) is 2. The quantitative estimate of drug-likeness (QED) is 0.321. The summed E-state index contributed by atoms with van der Waals surface area (Å²) in [5, 5.41) is 11.3. The van der Waals surface area contributed by atoms with Crippen molar-refractivity contribution in [1.29, 1.82) is 0 Å². The standard InChI is InChI=1S/C21H17Cl2N5O2S/c1-11-14(22)5-3-7-16(11)25-18(29)10-31-21-26-19-13(9-24-27-19)20(30)28(21)17-8-4-6-15(23)12(17)2/h3-9H,10H2,1-2H3,(H,24,27)(H,25,29). The lowest BCUT2D eigenvalue weighted by Gasteiger charge is -2.15. The van der Waals surface area contributed by atoms with Crippen LogP contribution >= 0.6 is 35.0 Å². The van der Waals surface area contributed by atoms with E-state index < -0.39 is 0 Å². The molecular weight excluding hydrogens is 457 g/mol. The van der Waals surface area contributed by atoms with Gasteiger partial charge in [-0.2, -0.15) is 5.10 Å². The Labute approximate surface area is 191 Å². The number of aromatic amines is 1. The van der Waals surface area contributed by atoms with Gasteiger partial charge in [0, 0.05) is 15.7 Å². The van der Waals surface area contributed by atoms with Gasteiger partial charge in [-0.3, -0.25) is 19.3 Å². The minimum atomic E-state index is -0.294. The van der Waals surface area contributed by atoms with Crippen LogP contribution in [0, 0.1) is 13.8 Å². The highest BCUT2D eigenvalue weighted by Gasteiger charge is 2.18. The zero-order valence-corrected chi connectivity index (χ0v) is 18.9. The van der Waals surface area contributed by atoms with Crippen molar-refractivity contribution in [2.45, 2.75) is 19.0 Å². The molecule has 0 radical (unpaired) electrons. The molecular formula is C21H17Cl2N5O2S. The van der Waals surface area contributed by atoms with Crippen LogP contribution in [0.1, 0.15) is 11.1 Å². The summed E-state index contributed by atoms with van der Waals surface area (Å²) in [4.78, 5) is 30.3. The van der Waals surface area contributed by atoms with E-state index in [1.807, 2.05) is 13.8 Å². The van der Waals surface area contributed by atoms with Crippen LogP contribution in [0.25, 0.3) is 16.7 Å². The summed E-state index contributed by atoms with van der Waals surface area (Å²) in [7, 11) is 0. The SMILES string of the molecule is Cc1c(Cl)cccc1NC(=O)CSc1nc2[nH]ncc2c(=O)n1-c1cccc(Cl)c1C. The van der Waals surface area contributed by atoms with Gasteiger partial charge in [0.1, 0.15) is 5.39 Å². The van der Waals surface area contributed by atoms with Crippen LogP contribution in [-0.4, -0.2) is 31.4 Å². The lowest BCUT2D eigenvalue weighted by atomic mass is 10.2. The normalized spacial score (nSPS) is 11.1. The number of H-pyrrole nitrogens is 1. The molecule has 0 aliphatic heterocycles. The van der Waals surface area contributed by atoms with Crippen molar-refractivity contribution in [2.24, 2.45) is 0 Å². The van der Waals surface area contributed by atoms with Crippen LogP contribution in [0.2, 0.25) is 10.0 Å². The Hall–Kier alpha value is -2.81. The maximum atomic E-state index is 13.2. The molecule has 2 heterocycles. The first-order valence-electron chi connectivity index (χ1n) is 9.26. The van der Waals surface area contributed by atoms with E-state index in [9.17, 15) is 9.59 Å². The Morgan fingerprint density at radius 3 is 2.61 bits per heavy atom. The Kier molecular flexibility index (Phi) is 6.04. The van der Waals surface area contributed by atoms with E-state index in [0.29, 0.717) is 37.6 Å². The van der Waals surface area contributed by atoms with Gasteiger partial charge in [-0.15, -0.1) is 0 Å². The van der Waals surface area contributed by atoms with E-state index in [4.69, 9.17) is 23.2 Å². The van der Waals surface area contributed by atoms with Gasteiger partial charge in [-0.1, -0.05) is 47.1 Å². The number of aromatic nitrogens is 4. The number of carbonyl (C=O) groups excluding carboxylic acids is 1. The molecule has 2 aromatic heterocycles. The van der Waals surface area contributed by atoms with Crippen LogP contribution in [0.15, 0.2) is 52.5 Å².